The molecule has 0 amide bonds. The van der Waals surface area contributed by atoms with E-state index < -0.39 is 0 Å². The average molecular weight is 236 g/mol. The average Bonchev–Trinajstić information content (AvgIpc) is 2.27. The van der Waals surface area contributed by atoms with Gasteiger partial charge in [-0.05, 0) is 50.1 Å². The lowest BCUT2D eigenvalue weighted by molar-refractivity contribution is 0.338. The standard InChI is InChI=1S/C14H21FN2/c1-10-6-12(15)8-13(7-10)17-5-4-14(16-3)11(2)9-17/h6-8,11,14,16H,4-5,9H2,1-3H3. The summed E-state index contributed by atoms with van der Waals surface area (Å²) in [4.78, 5) is 2.29. The normalized spacial score (nSPS) is 25.1. The Kier molecular flexibility index (Phi) is 3.67. The van der Waals surface area contributed by atoms with Crippen LogP contribution in [0.2, 0.25) is 0 Å². The first-order valence-corrected chi connectivity index (χ1v) is 6.29. The van der Waals surface area contributed by atoms with Crippen molar-refractivity contribution in [2.75, 3.05) is 25.0 Å². The maximum atomic E-state index is 13.4. The smallest absolute Gasteiger partial charge is 0.125 e. The van der Waals surface area contributed by atoms with Crippen LogP contribution in [-0.2, 0) is 0 Å². The Balaban J connectivity index is 2.13. The summed E-state index contributed by atoms with van der Waals surface area (Å²) in [5.74, 6) is 0.459. The molecule has 94 valence electrons. The maximum absolute atomic E-state index is 13.4. The first kappa shape index (κ1) is 12.4. The molecule has 0 bridgehead atoms. The fourth-order valence-electron chi connectivity index (χ4n) is 2.71. The molecule has 1 fully saturated rings. The molecule has 1 aliphatic heterocycles. The van der Waals surface area contributed by atoms with E-state index >= 15 is 0 Å². The van der Waals surface area contributed by atoms with Gasteiger partial charge in [0.1, 0.15) is 5.82 Å². The molecule has 0 radical (unpaired) electrons. The molecule has 17 heavy (non-hydrogen) atoms. The molecule has 0 saturated carbocycles. The number of hydrogen-bond acceptors (Lipinski definition) is 2. The molecule has 1 aromatic rings. The molecular weight excluding hydrogens is 215 g/mol. The van der Waals surface area contributed by atoms with Gasteiger partial charge < -0.3 is 10.2 Å². The maximum Gasteiger partial charge on any atom is 0.125 e. The van der Waals surface area contributed by atoms with Gasteiger partial charge in [0.2, 0.25) is 0 Å². The van der Waals surface area contributed by atoms with E-state index in [0.29, 0.717) is 12.0 Å². The van der Waals surface area contributed by atoms with Gasteiger partial charge in [0.05, 0.1) is 0 Å². The fourth-order valence-corrected chi connectivity index (χ4v) is 2.71. The lowest BCUT2D eigenvalue weighted by Crippen LogP contribution is -2.47. The van der Waals surface area contributed by atoms with E-state index in [9.17, 15) is 4.39 Å². The van der Waals surface area contributed by atoms with E-state index in [1.165, 1.54) is 0 Å². The third kappa shape index (κ3) is 2.78. The van der Waals surface area contributed by atoms with Gasteiger partial charge in [-0.25, -0.2) is 4.39 Å². The largest absolute Gasteiger partial charge is 0.371 e. The van der Waals surface area contributed by atoms with E-state index in [1.807, 2.05) is 14.0 Å². The second-order valence-corrected chi connectivity index (χ2v) is 5.09. The van der Waals surface area contributed by atoms with Gasteiger partial charge in [-0.15, -0.1) is 0 Å². The van der Waals surface area contributed by atoms with Crippen LogP contribution in [0.1, 0.15) is 18.9 Å². The SMILES string of the molecule is CNC1CCN(c2cc(C)cc(F)c2)CC1C. The Bertz CT molecular complexity index is 372. The number of anilines is 1. The summed E-state index contributed by atoms with van der Waals surface area (Å²) in [5.41, 5.74) is 2.01. The van der Waals surface area contributed by atoms with Crippen LogP contribution in [0.3, 0.4) is 0 Å². The van der Waals surface area contributed by atoms with E-state index in [-0.39, 0.29) is 5.82 Å². The zero-order chi connectivity index (χ0) is 12.4. The molecule has 2 rings (SSSR count). The Morgan fingerprint density at radius 2 is 2.12 bits per heavy atom. The van der Waals surface area contributed by atoms with E-state index in [0.717, 1.165) is 30.8 Å². The van der Waals surface area contributed by atoms with Crippen LogP contribution in [0.5, 0.6) is 0 Å². The minimum Gasteiger partial charge on any atom is -0.371 e. The summed E-state index contributed by atoms with van der Waals surface area (Å²) in [6.45, 7) is 6.18. The van der Waals surface area contributed by atoms with E-state index in [4.69, 9.17) is 0 Å². The molecule has 1 heterocycles. The Morgan fingerprint density at radius 1 is 1.35 bits per heavy atom. The van der Waals surface area contributed by atoms with Gasteiger partial charge in [-0.2, -0.15) is 0 Å². The number of hydrogen-bond donors (Lipinski definition) is 1. The highest BCUT2D eigenvalue weighted by atomic mass is 19.1. The molecule has 3 heteroatoms. The van der Waals surface area contributed by atoms with Crippen molar-refractivity contribution in [3.05, 3.63) is 29.6 Å². The predicted molar refractivity (Wildman–Crippen MR) is 70.0 cm³/mol. The van der Waals surface area contributed by atoms with Crippen LogP contribution in [-0.4, -0.2) is 26.2 Å². The number of benzene rings is 1. The molecule has 1 saturated heterocycles. The zero-order valence-corrected chi connectivity index (χ0v) is 10.8. The molecule has 0 spiro atoms. The predicted octanol–water partition coefficient (Wildman–Crippen LogP) is 2.57. The summed E-state index contributed by atoms with van der Waals surface area (Å²) in [5, 5.41) is 3.35. The summed E-state index contributed by atoms with van der Waals surface area (Å²) < 4.78 is 13.4. The second-order valence-electron chi connectivity index (χ2n) is 5.09. The number of piperidine rings is 1. The highest BCUT2D eigenvalue weighted by molar-refractivity contribution is 5.49. The van der Waals surface area contributed by atoms with Gasteiger partial charge in [-0.3, -0.25) is 0 Å². The molecule has 2 nitrogen and oxygen atoms in total. The van der Waals surface area contributed by atoms with Crippen molar-refractivity contribution < 1.29 is 4.39 Å². The topological polar surface area (TPSA) is 15.3 Å². The van der Waals surface area contributed by atoms with Gasteiger partial charge in [-0.1, -0.05) is 6.92 Å². The lowest BCUT2D eigenvalue weighted by Gasteiger charge is -2.38. The monoisotopic (exact) mass is 236 g/mol. The van der Waals surface area contributed by atoms with Crippen LogP contribution >= 0.6 is 0 Å². The summed E-state index contributed by atoms with van der Waals surface area (Å²) in [6.07, 6.45) is 1.12. The van der Waals surface area contributed by atoms with Crippen LogP contribution in [0, 0.1) is 18.7 Å². The molecule has 2 unspecified atom stereocenters. The van der Waals surface area contributed by atoms with Crippen molar-refractivity contribution >= 4 is 5.69 Å². The van der Waals surface area contributed by atoms with Gasteiger partial charge in [0, 0.05) is 24.8 Å². The van der Waals surface area contributed by atoms with Gasteiger partial charge in [0.25, 0.3) is 0 Å². The van der Waals surface area contributed by atoms with Crippen molar-refractivity contribution in [2.45, 2.75) is 26.3 Å². The number of aryl methyl sites for hydroxylation is 1. The molecule has 1 N–H and O–H groups in total. The second kappa shape index (κ2) is 5.05. The Hall–Kier alpha value is -1.09. The highest BCUT2D eigenvalue weighted by Crippen LogP contribution is 2.24. The highest BCUT2D eigenvalue weighted by Gasteiger charge is 2.25. The van der Waals surface area contributed by atoms with Crippen LogP contribution in [0.4, 0.5) is 10.1 Å². The number of halogens is 1. The van der Waals surface area contributed by atoms with Crippen LogP contribution in [0.15, 0.2) is 18.2 Å². The summed E-state index contributed by atoms with van der Waals surface area (Å²) in [6, 6.07) is 5.86. The molecule has 1 aromatic carbocycles. The third-order valence-electron chi connectivity index (χ3n) is 3.67. The van der Waals surface area contributed by atoms with Crippen LogP contribution < -0.4 is 10.2 Å². The number of rotatable bonds is 2. The third-order valence-corrected chi connectivity index (χ3v) is 3.67. The molecular formula is C14H21FN2. The first-order valence-electron chi connectivity index (χ1n) is 6.29. The van der Waals surface area contributed by atoms with Crippen molar-refractivity contribution in [3.63, 3.8) is 0 Å². The van der Waals surface area contributed by atoms with Crippen LogP contribution in [0.25, 0.3) is 0 Å². The van der Waals surface area contributed by atoms with Gasteiger partial charge >= 0.3 is 0 Å². The van der Waals surface area contributed by atoms with Crippen molar-refractivity contribution in [2.24, 2.45) is 5.92 Å². The van der Waals surface area contributed by atoms with Crippen molar-refractivity contribution in [1.29, 1.82) is 0 Å². The van der Waals surface area contributed by atoms with Crippen molar-refractivity contribution in [1.82, 2.24) is 5.32 Å². The molecule has 0 aliphatic carbocycles. The summed E-state index contributed by atoms with van der Waals surface area (Å²) in [7, 11) is 2.02. The van der Waals surface area contributed by atoms with E-state index in [1.54, 1.807) is 12.1 Å². The zero-order valence-electron chi connectivity index (χ0n) is 10.8. The van der Waals surface area contributed by atoms with E-state index in [2.05, 4.69) is 23.2 Å². The fraction of sp³-hybridized carbons (Fsp3) is 0.571. The molecule has 1 aliphatic rings. The van der Waals surface area contributed by atoms with Crippen molar-refractivity contribution in [3.8, 4) is 0 Å². The Morgan fingerprint density at radius 3 is 2.71 bits per heavy atom. The number of nitrogens with zero attached hydrogens (tertiary/aromatic N) is 1. The minimum atomic E-state index is -0.136. The van der Waals surface area contributed by atoms with Gasteiger partial charge in [0.15, 0.2) is 0 Å². The quantitative estimate of drug-likeness (QED) is 0.849. The lowest BCUT2D eigenvalue weighted by atomic mass is 9.93. The minimum absolute atomic E-state index is 0.136. The first-order chi connectivity index (χ1) is 8.10. The molecule has 2 atom stereocenters. The summed E-state index contributed by atoms with van der Waals surface area (Å²) >= 11 is 0. The number of nitrogens with one attached hydrogen (secondary N) is 1. The Labute approximate surface area is 103 Å². The molecule has 0 aromatic heterocycles.